The number of carbonyl (C=O) groups excluding carboxylic acids is 2. The van der Waals surface area contributed by atoms with E-state index in [1.807, 2.05) is 39.8 Å². The summed E-state index contributed by atoms with van der Waals surface area (Å²) < 4.78 is 38.1. The highest BCUT2D eigenvalue weighted by Crippen LogP contribution is 2.34. The van der Waals surface area contributed by atoms with Gasteiger partial charge in [-0.15, -0.1) is 0 Å². The van der Waals surface area contributed by atoms with Crippen molar-refractivity contribution in [1.82, 2.24) is 0 Å². The highest BCUT2D eigenvalue weighted by molar-refractivity contribution is 5.61. The highest BCUT2D eigenvalue weighted by atomic mass is 16.9. The molecule has 1 aliphatic carbocycles. The molecule has 0 amide bonds. The molecular formula is C33H50O9. The number of benzene rings is 1. The highest BCUT2D eigenvalue weighted by Gasteiger charge is 2.43. The van der Waals surface area contributed by atoms with E-state index in [4.69, 9.17) is 33.2 Å². The van der Waals surface area contributed by atoms with E-state index in [0.29, 0.717) is 23.8 Å². The molecule has 3 rings (SSSR count). The van der Waals surface area contributed by atoms with Crippen LogP contribution in [0.15, 0.2) is 36.4 Å². The van der Waals surface area contributed by atoms with Crippen LogP contribution in [0.4, 0.5) is 9.59 Å². The molecule has 9 heteroatoms. The van der Waals surface area contributed by atoms with Crippen molar-refractivity contribution < 1.29 is 42.7 Å². The molecule has 0 bridgehead atoms. The van der Waals surface area contributed by atoms with Crippen molar-refractivity contribution in [3.8, 4) is 5.75 Å². The second kappa shape index (κ2) is 18.0. The summed E-state index contributed by atoms with van der Waals surface area (Å²) in [6, 6.07) is 7.21. The summed E-state index contributed by atoms with van der Waals surface area (Å²) in [5.41, 5.74) is 0.638. The minimum atomic E-state index is -1.33. The smallest absolute Gasteiger partial charge is 0.490 e. The van der Waals surface area contributed by atoms with Gasteiger partial charge in [-0.05, 0) is 61.5 Å². The van der Waals surface area contributed by atoms with Crippen LogP contribution < -0.4 is 4.74 Å². The number of unbranched alkanes of at least 4 members (excludes halogenated alkanes) is 2. The molecule has 0 spiro atoms. The van der Waals surface area contributed by atoms with Gasteiger partial charge in [-0.1, -0.05) is 84.6 Å². The molecule has 0 radical (unpaired) electrons. The lowest BCUT2D eigenvalue weighted by atomic mass is 9.79. The van der Waals surface area contributed by atoms with Crippen molar-refractivity contribution in [3.63, 3.8) is 0 Å². The van der Waals surface area contributed by atoms with E-state index in [2.05, 4.69) is 19.1 Å². The molecule has 1 saturated heterocycles. The van der Waals surface area contributed by atoms with Crippen molar-refractivity contribution >= 4 is 12.3 Å². The Labute approximate surface area is 251 Å². The molecule has 42 heavy (non-hydrogen) atoms. The SMILES string of the molecule is CCCCC[C@H]1CC[C@H](/C=C/COc2ccc(C3O[C@H](OC(=O)OCC(C)C)[C@@H](OC(=O)OCC(C)C)O3)cc2)CC1. The summed E-state index contributed by atoms with van der Waals surface area (Å²) in [7, 11) is 0. The Morgan fingerprint density at radius 2 is 1.43 bits per heavy atom. The number of hydrogen-bond acceptors (Lipinski definition) is 9. The summed E-state index contributed by atoms with van der Waals surface area (Å²) in [5.74, 6) is 2.51. The molecule has 0 N–H and O–H groups in total. The second-order valence-corrected chi connectivity index (χ2v) is 12.1. The van der Waals surface area contributed by atoms with Gasteiger partial charge in [0, 0.05) is 5.56 Å². The third kappa shape index (κ3) is 12.2. The number of ether oxygens (including phenoxy) is 7. The molecular weight excluding hydrogens is 540 g/mol. The summed E-state index contributed by atoms with van der Waals surface area (Å²) in [5, 5.41) is 0. The van der Waals surface area contributed by atoms with Gasteiger partial charge < -0.3 is 33.2 Å². The topological polar surface area (TPSA) is 98.8 Å². The largest absolute Gasteiger partial charge is 0.510 e. The van der Waals surface area contributed by atoms with Crippen molar-refractivity contribution in [2.24, 2.45) is 23.7 Å². The number of carbonyl (C=O) groups is 2. The summed E-state index contributed by atoms with van der Waals surface area (Å²) in [6.45, 7) is 10.7. The van der Waals surface area contributed by atoms with E-state index in [-0.39, 0.29) is 25.0 Å². The fraction of sp³-hybridized carbons (Fsp3) is 0.697. The number of allylic oxidation sites excluding steroid dienone is 1. The average Bonchev–Trinajstić information content (AvgIpc) is 3.36. The van der Waals surface area contributed by atoms with Crippen LogP contribution in [-0.4, -0.2) is 44.7 Å². The molecule has 2 aliphatic rings. The first-order chi connectivity index (χ1) is 20.2. The fourth-order valence-corrected chi connectivity index (χ4v) is 4.92. The van der Waals surface area contributed by atoms with Gasteiger partial charge in [0.15, 0.2) is 6.29 Å². The second-order valence-electron chi connectivity index (χ2n) is 12.1. The van der Waals surface area contributed by atoms with Gasteiger partial charge >= 0.3 is 12.3 Å². The Balaban J connectivity index is 1.47. The third-order valence-electron chi connectivity index (χ3n) is 7.25. The molecule has 0 aromatic heterocycles. The standard InChI is InChI=1S/C33H50O9/c1-6-7-8-10-25-12-14-26(15-13-25)11-9-20-36-28-18-16-27(17-19-28)29-39-30(41-32(34)37-21-23(2)3)31(40-29)42-33(35)38-22-24(4)5/h9,11,16-19,23-26,29-31H,6-8,10,12-15,20-22H2,1-5H3/b11-9+/t25-,26-,30-,31-/m1/s1. The average molecular weight is 591 g/mol. The Kier molecular flexibility index (Phi) is 14.5. The third-order valence-corrected chi connectivity index (χ3v) is 7.25. The van der Waals surface area contributed by atoms with E-state index < -0.39 is 31.2 Å². The first kappa shape index (κ1) is 33.7. The minimum absolute atomic E-state index is 0.125. The van der Waals surface area contributed by atoms with Crippen LogP contribution in [-0.2, 0) is 28.4 Å². The zero-order chi connectivity index (χ0) is 30.3. The zero-order valence-electron chi connectivity index (χ0n) is 26.0. The molecule has 2 atom stereocenters. The molecule has 1 saturated carbocycles. The van der Waals surface area contributed by atoms with Crippen LogP contribution >= 0.6 is 0 Å². The lowest BCUT2D eigenvalue weighted by molar-refractivity contribution is -0.160. The molecule has 1 aliphatic heterocycles. The van der Waals surface area contributed by atoms with Gasteiger partial charge in [0.25, 0.3) is 12.6 Å². The Hall–Kier alpha value is -2.78. The number of hydrogen-bond donors (Lipinski definition) is 0. The van der Waals surface area contributed by atoms with Crippen LogP contribution in [0.3, 0.4) is 0 Å². The maximum absolute atomic E-state index is 12.2. The Bertz CT molecular complexity index is 917. The maximum atomic E-state index is 12.2. The van der Waals surface area contributed by atoms with Gasteiger partial charge in [0.05, 0.1) is 13.2 Å². The molecule has 2 fully saturated rings. The molecule has 1 aromatic rings. The van der Waals surface area contributed by atoms with E-state index in [9.17, 15) is 9.59 Å². The van der Waals surface area contributed by atoms with E-state index >= 15 is 0 Å². The minimum Gasteiger partial charge on any atom is -0.490 e. The molecule has 1 aromatic carbocycles. The van der Waals surface area contributed by atoms with Gasteiger partial charge in [-0.3, -0.25) is 0 Å². The molecule has 236 valence electrons. The van der Waals surface area contributed by atoms with Crippen LogP contribution in [0.5, 0.6) is 5.75 Å². The van der Waals surface area contributed by atoms with Gasteiger partial charge in [0.1, 0.15) is 12.4 Å². The lowest BCUT2D eigenvalue weighted by Crippen LogP contribution is -2.33. The quantitative estimate of drug-likeness (QED) is 0.113. The van der Waals surface area contributed by atoms with Crippen molar-refractivity contribution in [1.29, 1.82) is 0 Å². The van der Waals surface area contributed by atoms with Crippen LogP contribution in [0.25, 0.3) is 0 Å². The molecule has 0 unspecified atom stereocenters. The van der Waals surface area contributed by atoms with Gasteiger partial charge in [-0.2, -0.15) is 0 Å². The van der Waals surface area contributed by atoms with Crippen molar-refractivity contribution in [2.75, 3.05) is 19.8 Å². The Morgan fingerprint density at radius 1 is 0.857 bits per heavy atom. The van der Waals surface area contributed by atoms with Gasteiger partial charge in [-0.25, -0.2) is 9.59 Å². The molecule has 1 heterocycles. The summed E-state index contributed by atoms with van der Waals surface area (Å²) in [6.07, 6.45) is 9.54. The fourth-order valence-electron chi connectivity index (χ4n) is 4.92. The zero-order valence-corrected chi connectivity index (χ0v) is 26.0. The predicted octanol–water partition coefficient (Wildman–Crippen LogP) is 8.32. The summed E-state index contributed by atoms with van der Waals surface area (Å²) in [4.78, 5) is 24.3. The van der Waals surface area contributed by atoms with Crippen LogP contribution in [0.2, 0.25) is 0 Å². The van der Waals surface area contributed by atoms with Crippen molar-refractivity contribution in [2.45, 2.75) is 105 Å². The van der Waals surface area contributed by atoms with E-state index in [1.165, 1.54) is 51.4 Å². The van der Waals surface area contributed by atoms with Crippen molar-refractivity contribution in [3.05, 3.63) is 42.0 Å². The van der Waals surface area contributed by atoms with Gasteiger partial charge in [0.2, 0.25) is 0 Å². The lowest BCUT2D eigenvalue weighted by Gasteiger charge is -2.26. The van der Waals surface area contributed by atoms with E-state index in [1.54, 1.807) is 12.1 Å². The predicted molar refractivity (Wildman–Crippen MR) is 158 cm³/mol. The first-order valence-electron chi connectivity index (χ1n) is 15.6. The van der Waals surface area contributed by atoms with E-state index in [0.717, 1.165) is 5.92 Å². The summed E-state index contributed by atoms with van der Waals surface area (Å²) >= 11 is 0. The Morgan fingerprint density at radius 3 is 1.95 bits per heavy atom. The molecule has 9 nitrogen and oxygen atoms in total. The van der Waals surface area contributed by atoms with Crippen LogP contribution in [0, 0.1) is 23.7 Å². The maximum Gasteiger partial charge on any atom is 0.510 e. The first-order valence-corrected chi connectivity index (χ1v) is 15.6. The number of rotatable bonds is 15. The normalized spacial score (nSPS) is 22.9. The monoisotopic (exact) mass is 590 g/mol. The van der Waals surface area contributed by atoms with Crippen LogP contribution in [0.1, 0.15) is 97.8 Å².